The molecule has 0 aliphatic heterocycles. The average Bonchev–Trinajstić information content (AvgIpc) is 2.61. The Morgan fingerprint density at radius 2 is 1.62 bits per heavy atom. The highest BCUT2D eigenvalue weighted by atomic mass is 19.3. The van der Waals surface area contributed by atoms with Crippen molar-refractivity contribution in [3.05, 3.63) is 47.5 Å². The quantitative estimate of drug-likeness (QED) is 0.407. The van der Waals surface area contributed by atoms with Crippen LogP contribution in [0, 0.1) is 5.92 Å². The van der Waals surface area contributed by atoms with Gasteiger partial charge in [-0.2, -0.15) is 8.78 Å². The predicted molar refractivity (Wildman–Crippen MR) is 98.5 cm³/mol. The van der Waals surface area contributed by atoms with Gasteiger partial charge in [0, 0.05) is 0 Å². The molecule has 0 heterocycles. The second kappa shape index (κ2) is 10.6. The Morgan fingerprint density at radius 1 is 0.958 bits per heavy atom. The molecule has 0 amide bonds. The zero-order valence-corrected chi connectivity index (χ0v) is 15.1. The van der Waals surface area contributed by atoms with Gasteiger partial charge in [-0.1, -0.05) is 69.7 Å². The Kier molecular flexibility index (Phi) is 8.49. The van der Waals surface area contributed by atoms with E-state index < -0.39 is 6.08 Å². The van der Waals surface area contributed by atoms with Crippen molar-refractivity contribution in [2.75, 3.05) is 0 Å². The van der Waals surface area contributed by atoms with Crippen molar-refractivity contribution < 1.29 is 8.78 Å². The summed E-state index contributed by atoms with van der Waals surface area (Å²) >= 11 is 0. The third-order valence-corrected chi connectivity index (χ3v) is 5.51. The summed E-state index contributed by atoms with van der Waals surface area (Å²) in [6, 6.07) is 8.31. The zero-order chi connectivity index (χ0) is 17.2. The number of benzene rings is 1. The molecular weight excluding hydrogens is 302 g/mol. The van der Waals surface area contributed by atoms with E-state index in [0.717, 1.165) is 17.6 Å². The standard InChI is InChI=1S/C22H32F2/c1-2-3-4-5-6-7-18-8-13-20(14-9-18)21-15-10-19(11-16-21)12-17-22(23)24/h10-11,15-18,20H,2-9,12-14H2,1H3. The van der Waals surface area contributed by atoms with Crippen molar-refractivity contribution in [3.63, 3.8) is 0 Å². The molecule has 1 aliphatic rings. The second-order valence-electron chi connectivity index (χ2n) is 7.36. The molecule has 1 aromatic carbocycles. The van der Waals surface area contributed by atoms with E-state index in [4.69, 9.17) is 0 Å². The first kappa shape index (κ1) is 19.1. The Hall–Kier alpha value is -1.18. The smallest absolute Gasteiger partial charge is 0.174 e. The van der Waals surface area contributed by atoms with Gasteiger partial charge in [-0.05, 0) is 61.1 Å². The van der Waals surface area contributed by atoms with Gasteiger partial charge in [0.05, 0.1) is 0 Å². The Balaban J connectivity index is 1.71. The molecule has 0 nitrogen and oxygen atoms in total. The van der Waals surface area contributed by atoms with E-state index >= 15 is 0 Å². The summed E-state index contributed by atoms with van der Waals surface area (Å²) in [5, 5.41) is 0. The first-order valence-electron chi connectivity index (χ1n) is 9.79. The second-order valence-corrected chi connectivity index (χ2v) is 7.36. The third kappa shape index (κ3) is 6.75. The molecule has 0 bridgehead atoms. The predicted octanol–water partition coefficient (Wildman–Crippen LogP) is 7.64. The molecule has 1 fully saturated rings. The summed E-state index contributed by atoms with van der Waals surface area (Å²) < 4.78 is 24.3. The topological polar surface area (TPSA) is 0 Å². The summed E-state index contributed by atoms with van der Waals surface area (Å²) in [7, 11) is 0. The molecule has 1 saturated carbocycles. The van der Waals surface area contributed by atoms with E-state index in [9.17, 15) is 8.78 Å². The van der Waals surface area contributed by atoms with E-state index in [1.807, 2.05) is 12.1 Å². The molecule has 2 heteroatoms. The molecule has 0 saturated heterocycles. The Morgan fingerprint density at radius 3 is 2.25 bits per heavy atom. The van der Waals surface area contributed by atoms with E-state index in [2.05, 4.69) is 19.1 Å². The highest BCUT2D eigenvalue weighted by molar-refractivity contribution is 5.27. The molecule has 0 N–H and O–H groups in total. The molecule has 134 valence electrons. The van der Waals surface area contributed by atoms with Gasteiger partial charge in [0.2, 0.25) is 0 Å². The van der Waals surface area contributed by atoms with Gasteiger partial charge in [0.1, 0.15) is 0 Å². The lowest BCUT2D eigenvalue weighted by atomic mass is 9.77. The van der Waals surface area contributed by atoms with E-state index in [1.54, 1.807) is 0 Å². The summed E-state index contributed by atoms with van der Waals surface area (Å²) in [6.45, 7) is 2.27. The maximum Gasteiger partial charge on any atom is 0.266 e. The lowest BCUT2D eigenvalue weighted by molar-refractivity contribution is 0.302. The number of halogens is 2. The Labute approximate surface area is 146 Å². The number of rotatable bonds is 9. The number of hydrogen-bond donors (Lipinski definition) is 0. The van der Waals surface area contributed by atoms with Crippen molar-refractivity contribution >= 4 is 0 Å². The molecule has 24 heavy (non-hydrogen) atoms. The van der Waals surface area contributed by atoms with E-state index in [-0.39, 0.29) is 0 Å². The van der Waals surface area contributed by atoms with Crippen LogP contribution in [0.4, 0.5) is 8.78 Å². The summed E-state index contributed by atoms with van der Waals surface area (Å²) in [5.74, 6) is 1.60. The fourth-order valence-electron chi connectivity index (χ4n) is 3.94. The highest BCUT2D eigenvalue weighted by Gasteiger charge is 2.21. The van der Waals surface area contributed by atoms with Gasteiger partial charge in [0.25, 0.3) is 6.08 Å². The van der Waals surface area contributed by atoms with Gasteiger partial charge in [0.15, 0.2) is 0 Å². The Bertz CT molecular complexity index is 477. The average molecular weight is 334 g/mol. The van der Waals surface area contributed by atoms with Crippen LogP contribution < -0.4 is 0 Å². The van der Waals surface area contributed by atoms with Gasteiger partial charge < -0.3 is 0 Å². The lowest BCUT2D eigenvalue weighted by Gasteiger charge is -2.29. The van der Waals surface area contributed by atoms with Crippen LogP contribution in [0.5, 0.6) is 0 Å². The first-order valence-corrected chi connectivity index (χ1v) is 9.79. The van der Waals surface area contributed by atoms with Crippen molar-refractivity contribution in [2.24, 2.45) is 5.92 Å². The van der Waals surface area contributed by atoms with Crippen molar-refractivity contribution in [1.82, 2.24) is 0 Å². The van der Waals surface area contributed by atoms with Crippen molar-refractivity contribution in [3.8, 4) is 0 Å². The van der Waals surface area contributed by atoms with Crippen molar-refractivity contribution in [1.29, 1.82) is 0 Å². The fourth-order valence-corrected chi connectivity index (χ4v) is 3.94. The normalized spacial score (nSPS) is 20.8. The minimum atomic E-state index is -1.59. The maximum absolute atomic E-state index is 12.1. The highest BCUT2D eigenvalue weighted by Crippen LogP contribution is 2.37. The molecule has 0 spiro atoms. The van der Waals surface area contributed by atoms with Gasteiger partial charge in [-0.25, -0.2) is 0 Å². The van der Waals surface area contributed by atoms with Crippen LogP contribution in [-0.2, 0) is 6.42 Å². The minimum absolute atomic E-state index is 0.327. The van der Waals surface area contributed by atoms with E-state index in [0.29, 0.717) is 12.3 Å². The van der Waals surface area contributed by atoms with E-state index in [1.165, 1.54) is 69.8 Å². The van der Waals surface area contributed by atoms with Gasteiger partial charge in [-0.15, -0.1) is 0 Å². The van der Waals surface area contributed by atoms with Gasteiger partial charge >= 0.3 is 0 Å². The fraction of sp³-hybridized carbons (Fsp3) is 0.636. The third-order valence-electron chi connectivity index (χ3n) is 5.51. The van der Waals surface area contributed by atoms with Crippen LogP contribution in [-0.4, -0.2) is 0 Å². The monoisotopic (exact) mass is 334 g/mol. The van der Waals surface area contributed by atoms with Crippen LogP contribution in [0.3, 0.4) is 0 Å². The molecule has 2 rings (SSSR count). The molecular formula is C22H32F2. The lowest BCUT2D eigenvalue weighted by Crippen LogP contribution is -2.13. The van der Waals surface area contributed by atoms with Crippen LogP contribution >= 0.6 is 0 Å². The molecule has 1 aromatic rings. The van der Waals surface area contributed by atoms with Crippen LogP contribution in [0.2, 0.25) is 0 Å². The minimum Gasteiger partial charge on any atom is -0.174 e. The first-order chi connectivity index (χ1) is 11.7. The zero-order valence-electron chi connectivity index (χ0n) is 15.1. The number of hydrogen-bond acceptors (Lipinski definition) is 0. The number of unbranched alkanes of at least 4 members (excludes halogenated alkanes) is 4. The van der Waals surface area contributed by atoms with Crippen LogP contribution in [0.1, 0.15) is 88.2 Å². The van der Waals surface area contributed by atoms with Gasteiger partial charge in [-0.3, -0.25) is 0 Å². The van der Waals surface area contributed by atoms with Crippen LogP contribution in [0.25, 0.3) is 0 Å². The molecule has 1 aliphatic carbocycles. The molecule has 0 aromatic heterocycles. The number of allylic oxidation sites excluding steroid dienone is 1. The van der Waals surface area contributed by atoms with Crippen LogP contribution in [0.15, 0.2) is 36.4 Å². The molecule has 0 atom stereocenters. The largest absolute Gasteiger partial charge is 0.266 e. The molecule has 0 unspecified atom stereocenters. The SMILES string of the molecule is CCCCCCCC1CCC(c2ccc(CC=C(F)F)cc2)CC1. The van der Waals surface area contributed by atoms with Crippen molar-refractivity contribution in [2.45, 2.75) is 83.5 Å². The summed E-state index contributed by atoms with van der Waals surface area (Å²) in [4.78, 5) is 0. The molecule has 0 radical (unpaired) electrons. The summed E-state index contributed by atoms with van der Waals surface area (Å²) in [6.07, 6.45) is 13.4. The maximum atomic E-state index is 12.1. The summed E-state index contributed by atoms with van der Waals surface area (Å²) in [5.41, 5.74) is 2.36.